The summed E-state index contributed by atoms with van der Waals surface area (Å²) in [6, 6.07) is 0. The maximum Gasteiger partial charge on any atom is 0.230 e. The number of carbonyl (C=O) groups excluding carboxylic acids is 1. The first-order valence-corrected chi connectivity index (χ1v) is 5.42. The highest BCUT2D eigenvalue weighted by Gasteiger charge is 2.08. The topological polar surface area (TPSA) is 47.6 Å². The van der Waals surface area contributed by atoms with Crippen molar-refractivity contribution in [2.75, 3.05) is 25.1 Å². The van der Waals surface area contributed by atoms with Gasteiger partial charge in [-0.3, -0.25) is 4.79 Å². The molecule has 5 heteroatoms. The van der Waals surface area contributed by atoms with Crippen molar-refractivity contribution in [3.05, 3.63) is 0 Å². The highest BCUT2D eigenvalue weighted by molar-refractivity contribution is 9.09. The fraction of sp³-hybridized carbons (Fsp3) is 0.875. The number of amides is 1. The molecule has 0 aromatic carbocycles. The highest BCUT2D eigenvalue weighted by Crippen LogP contribution is 1.93. The van der Waals surface area contributed by atoms with Crippen LogP contribution >= 0.6 is 15.9 Å². The second-order valence-corrected chi connectivity index (χ2v) is 2.84. The van der Waals surface area contributed by atoms with Gasteiger partial charge in [0, 0.05) is 13.2 Å². The van der Waals surface area contributed by atoms with E-state index < -0.39 is 0 Å². The quantitative estimate of drug-likeness (QED) is 0.542. The zero-order valence-corrected chi connectivity index (χ0v) is 9.59. The standard InChI is InChI=1S/C8H16BrNO3/c1-3-12-8(13-4-2)6-10-7(11)5-9/h8H,3-6H2,1-2H3,(H,10,11). The normalized spacial score (nSPS) is 10.5. The molecular formula is C8H16BrNO3. The molecule has 0 heterocycles. The van der Waals surface area contributed by atoms with Gasteiger partial charge in [0.1, 0.15) is 0 Å². The SMILES string of the molecule is CCOC(CNC(=O)CBr)OCC. The third-order valence-electron chi connectivity index (χ3n) is 1.29. The molecule has 0 rings (SSSR count). The van der Waals surface area contributed by atoms with Crippen molar-refractivity contribution in [3.63, 3.8) is 0 Å². The molecule has 0 saturated heterocycles. The Labute approximate surface area is 87.1 Å². The van der Waals surface area contributed by atoms with E-state index in [9.17, 15) is 4.79 Å². The molecule has 0 aliphatic heterocycles. The van der Waals surface area contributed by atoms with Crippen LogP contribution in [0.25, 0.3) is 0 Å². The Morgan fingerprint density at radius 2 is 1.92 bits per heavy atom. The molecule has 0 unspecified atom stereocenters. The summed E-state index contributed by atoms with van der Waals surface area (Å²) in [6.07, 6.45) is -0.335. The molecule has 0 aromatic heterocycles. The van der Waals surface area contributed by atoms with E-state index >= 15 is 0 Å². The Morgan fingerprint density at radius 1 is 1.38 bits per heavy atom. The number of hydrogen-bond donors (Lipinski definition) is 1. The predicted molar refractivity (Wildman–Crippen MR) is 53.8 cm³/mol. The van der Waals surface area contributed by atoms with Crippen molar-refractivity contribution in [2.45, 2.75) is 20.1 Å². The van der Waals surface area contributed by atoms with Gasteiger partial charge >= 0.3 is 0 Å². The first kappa shape index (κ1) is 12.9. The lowest BCUT2D eigenvalue weighted by Gasteiger charge is -2.16. The molecule has 4 nitrogen and oxygen atoms in total. The van der Waals surface area contributed by atoms with Crippen molar-refractivity contribution in [3.8, 4) is 0 Å². The molecule has 0 radical (unpaired) electrons. The smallest absolute Gasteiger partial charge is 0.230 e. The summed E-state index contributed by atoms with van der Waals surface area (Å²) < 4.78 is 10.5. The van der Waals surface area contributed by atoms with E-state index in [2.05, 4.69) is 21.2 Å². The van der Waals surface area contributed by atoms with Crippen LogP contribution in [-0.2, 0) is 14.3 Å². The fourth-order valence-electron chi connectivity index (χ4n) is 0.782. The summed E-state index contributed by atoms with van der Waals surface area (Å²) in [7, 11) is 0. The third kappa shape index (κ3) is 6.98. The van der Waals surface area contributed by atoms with Crippen LogP contribution in [0.3, 0.4) is 0 Å². The highest BCUT2D eigenvalue weighted by atomic mass is 79.9. The number of rotatable bonds is 7. The van der Waals surface area contributed by atoms with Crippen molar-refractivity contribution >= 4 is 21.8 Å². The Bertz CT molecular complexity index is 137. The van der Waals surface area contributed by atoms with Crippen LogP contribution in [0.15, 0.2) is 0 Å². The van der Waals surface area contributed by atoms with Crippen LogP contribution in [0.2, 0.25) is 0 Å². The van der Waals surface area contributed by atoms with Gasteiger partial charge in [-0.25, -0.2) is 0 Å². The van der Waals surface area contributed by atoms with Gasteiger partial charge in [-0.05, 0) is 13.8 Å². The molecule has 0 saturated carbocycles. The van der Waals surface area contributed by atoms with E-state index in [0.29, 0.717) is 25.1 Å². The van der Waals surface area contributed by atoms with Crippen LogP contribution in [0.1, 0.15) is 13.8 Å². The lowest BCUT2D eigenvalue weighted by Crippen LogP contribution is -2.35. The molecule has 0 aliphatic rings. The predicted octanol–water partition coefficient (Wildman–Crippen LogP) is 0.897. The molecule has 78 valence electrons. The lowest BCUT2D eigenvalue weighted by molar-refractivity contribution is -0.139. The molecule has 0 aliphatic carbocycles. The maximum atomic E-state index is 10.9. The molecule has 0 bridgehead atoms. The molecule has 13 heavy (non-hydrogen) atoms. The number of carbonyl (C=O) groups is 1. The van der Waals surface area contributed by atoms with Crippen LogP contribution < -0.4 is 5.32 Å². The molecule has 0 fully saturated rings. The number of nitrogens with one attached hydrogen (secondary N) is 1. The summed E-state index contributed by atoms with van der Waals surface area (Å²) in [5.74, 6) is -0.0654. The number of alkyl halides is 1. The van der Waals surface area contributed by atoms with E-state index in [1.807, 2.05) is 13.8 Å². The van der Waals surface area contributed by atoms with Crippen LogP contribution in [-0.4, -0.2) is 37.3 Å². The third-order valence-corrected chi connectivity index (χ3v) is 1.80. The van der Waals surface area contributed by atoms with Crippen LogP contribution in [0.5, 0.6) is 0 Å². The Balaban J connectivity index is 3.61. The molecule has 0 spiro atoms. The average molecular weight is 254 g/mol. The number of halogens is 1. The van der Waals surface area contributed by atoms with Gasteiger partial charge in [0.15, 0.2) is 6.29 Å². The van der Waals surface area contributed by atoms with Crippen molar-refractivity contribution < 1.29 is 14.3 Å². The zero-order chi connectivity index (χ0) is 10.1. The summed E-state index contributed by atoms with van der Waals surface area (Å²) in [5, 5.41) is 2.97. The molecule has 0 aromatic rings. The van der Waals surface area contributed by atoms with Gasteiger partial charge in [0.2, 0.25) is 5.91 Å². The lowest BCUT2D eigenvalue weighted by atomic mass is 10.5. The molecule has 1 amide bonds. The minimum absolute atomic E-state index is 0.0654. The largest absolute Gasteiger partial charge is 0.351 e. The second kappa shape index (κ2) is 8.47. The summed E-state index contributed by atoms with van der Waals surface area (Å²) in [4.78, 5) is 10.9. The fourth-order valence-corrected chi connectivity index (χ4v) is 0.980. The summed E-state index contributed by atoms with van der Waals surface area (Å²) >= 11 is 3.05. The second-order valence-electron chi connectivity index (χ2n) is 2.28. The Kier molecular flexibility index (Phi) is 8.38. The summed E-state index contributed by atoms with van der Waals surface area (Å²) in [6.45, 7) is 5.33. The van der Waals surface area contributed by atoms with Crippen molar-refractivity contribution in [1.29, 1.82) is 0 Å². The number of hydrogen-bond acceptors (Lipinski definition) is 3. The zero-order valence-electron chi connectivity index (χ0n) is 8.01. The molecule has 0 atom stereocenters. The maximum absolute atomic E-state index is 10.9. The van der Waals surface area contributed by atoms with Crippen molar-refractivity contribution in [1.82, 2.24) is 5.32 Å². The van der Waals surface area contributed by atoms with E-state index in [1.165, 1.54) is 0 Å². The number of ether oxygens (including phenoxy) is 2. The van der Waals surface area contributed by atoms with E-state index in [0.717, 1.165) is 0 Å². The van der Waals surface area contributed by atoms with Gasteiger partial charge in [0.05, 0.1) is 11.9 Å². The van der Waals surface area contributed by atoms with E-state index in [4.69, 9.17) is 9.47 Å². The first-order valence-electron chi connectivity index (χ1n) is 4.30. The molecule has 1 N–H and O–H groups in total. The van der Waals surface area contributed by atoms with Gasteiger partial charge in [-0.1, -0.05) is 15.9 Å². The van der Waals surface area contributed by atoms with E-state index in [1.54, 1.807) is 0 Å². The molecular weight excluding hydrogens is 238 g/mol. The van der Waals surface area contributed by atoms with Crippen molar-refractivity contribution in [2.24, 2.45) is 0 Å². The Morgan fingerprint density at radius 3 is 2.31 bits per heavy atom. The van der Waals surface area contributed by atoms with Gasteiger partial charge in [0.25, 0.3) is 0 Å². The average Bonchev–Trinajstić information content (AvgIpc) is 2.14. The first-order chi connectivity index (χ1) is 6.24. The minimum atomic E-state index is -0.335. The van der Waals surface area contributed by atoms with Gasteiger partial charge in [-0.15, -0.1) is 0 Å². The van der Waals surface area contributed by atoms with Crippen LogP contribution in [0.4, 0.5) is 0 Å². The van der Waals surface area contributed by atoms with Gasteiger partial charge in [-0.2, -0.15) is 0 Å². The van der Waals surface area contributed by atoms with Gasteiger partial charge < -0.3 is 14.8 Å². The minimum Gasteiger partial charge on any atom is -0.351 e. The van der Waals surface area contributed by atoms with Crippen LogP contribution in [0, 0.1) is 0 Å². The van der Waals surface area contributed by atoms with E-state index in [-0.39, 0.29) is 12.2 Å². The monoisotopic (exact) mass is 253 g/mol. The summed E-state index contributed by atoms with van der Waals surface area (Å²) in [5.41, 5.74) is 0. The Hall–Kier alpha value is -0.130.